The van der Waals surface area contributed by atoms with Crippen LogP contribution >= 0.6 is 23.1 Å². The van der Waals surface area contributed by atoms with Crippen molar-refractivity contribution in [3.05, 3.63) is 74.7 Å². The highest BCUT2D eigenvalue weighted by Crippen LogP contribution is 2.53. The summed E-state index contributed by atoms with van der Waals surface area (Å²) in [6, 6.07) is 16.3. The predicted octanol–water partition coefficient (Wildman–Crippen LogP) is 2.57. The number of hydrogen-bond acceptors (Lipinski definition) is 8. The molecule has 0 saturated carbocycles. The third-order valence-electron chi connectivity index (χ3n) is 7.20. The van der Waals surface area contributed by atoms with Crippen molar-refractivity contribution in [1.29, 1.82) is 0 Å². The van der Waals surface area contributed by atoms with Crippen molar-refractivity contribution < 1.29 is 23.9 Å². The second-order valence-electron chi connectivity index (χ2n) is 9.28. The number of imide groups is 1. The molecule has 2 aromatic carbocycles. The zero-order valence-electron chi connectivity index (χ0n) is 20.6. The summed E-state index contributed by atoms with van der Waals surface area (Å²) < 4.78 is 12.0. The highest BCUT2D eigenvalue weighted by Gasteiger charge is 2.56. The number of anilines is 1. The predicted molar refractivity (Wildman–Crippen MR) is 143 cm³/mol. The third kappa shape index (κ3) is 4.14. The van der Waals surface area contributed by atoms with E-state index < -0.39 is 17.1 Å². The highest BCUT2D eigenvalue weighted by atomic mass is 32.2. The van der Waals surface area contributed by atoms with Gasteiger partial charge in [-0.15, -0.1) is 0 Å². The van der Waals surface area contributed by atoms with Gasteiger partial charge in [-0.1, -0.05) is 53.4 Å². The SMILES string of the molecule is COc1ccc(N2C(=O)C3Sc4c(sc(=O)n4CC(=O)N4CCOCC4)[C@H](c4ccccc4)C3C2=O)cc1. The lowest BCUT2D eigenvalue weighted by atomic mass is 9.83. The smallest absolute Gasteiger partial charge is 0.308 e. The quantitative estimate of drug-likeness (QED) is 0.450. The van der Waals surface area contributed by atoms with Crippen molar-refractivity contribution in [1.82, 2.24) is 9.47 Å². The lowest BCUT2D eigenvalue weighted by Gasteiger charge is -2.31. The van der Waals surface area contributed by atoms with Crippen LogP contribution in [0.4, 0.5) is 5.69 Å². The lowest BCUT2D eigenvalue weighted by Crippen LogP contribution is -2.43. The molecule has 6 rings (SSSR count). The van der Waals surface area contributed by atoms with Crippen LogP contribution in [0, 0.1) is 5.92 Å². The van der Waals surface area contributed by atoms with Gasteiger partial charge >= 0.3 is 4.87 Å². The molecular weight excluding hydrogens is 526 g/mol. The Morgan fingerprint density at radius 3 is 2.39 bits per heavy atom. The van der Waals surface area contributed by atoms with Crippen LogP contribution in [0.15, 0.2) is 64.4 Å². The summed E-state index contributed by atoms with van der Waals surface area (Å²) in [5, 5.41) is -0.129. The maximum absolute atomic E-state index is 13.9. The van der Waals surface area contributed by atoms with Crippen molar-refractivity contribution in [3.8, 4) is 5.75 Å². The molecule has 3 amide bonds. The van der Waals surface area contributed by atoms with E-state index in [1.807, 2.05) is 30.3 Å². The van der Waals surface area contributed by atoms with Crippen LogP contribution in [0.3, 0.4) is 0 Å². The van der Waals surface area contributed by atoms with Gasteiger partial charge < -0.3 is 14.4 Å². The summed E-state index contributed by atoms with van der Waals surface area (Å²) in [5.41, 5.74) is 1.33. The van der Waals surface area contributed by atoms with Crippen LogP contribution in [0.1, 0.15) is 16.4 Å². The topological polar surface area (TPSA) is 98.2 Å². The van der Waals surface area contributed by atoms with E-state index in [4.69, 9.17) is 9.47 Å². The molecule has 0 bridgehead atoms. The Kier molecular flexibility index (Phi) is 6.58. The number of carbonyl (C=O) groups is 3. The molecule has 2 saturated heterocycles. The standard InChI is InChI=1S/C27H25N3O6S2/c1-35-18-9-7-17(8-10-18)30-24(32)21-20(16-5-3-2-4-6-16)23-26(37-22(21)25(30)33)29(27(34)38-23)15-19(31)28-11-13-36-14-12-28/h2-10,20-22H,11-15H2,1H3/t20-,21?,22?/m1/s1. The average molecular weight is 552 g/mol. The molecule has 4 heterocycles. The van der Waals surface area contributed by atoms with E-state index in [0.29, 0.717) is 42.8 Å². The number of morpholine rings is 1. The Morgan fingerprint density at radius 1 is 1.00 bits per heavy atom. The van der Waals surface area contributed by atoms with Gasteiger partial charge in [-0.05, 0) is 29.8 Å². The fourth-order valence-electron chi connectivity index (χ4n) is 5.31. The van der Waals surface area contributed by atoms with Crippen LogP contribution in [0.5, 0.6) is 5.75 Å². The zero-order valence-corrected chi connectivity index (χ0v) is 22.2. The molecule has 196 valence electrons. The average Bonchev–Trinajstić information content (AvgIpc) is 3.40. The fourth-order valence-corrected chi connectivity index (χ4v) is 8.08. The maximum atomic E-state index is 13.9. The first kappa shape index (κ1) is 24.9. The number of nitrogens with zero attached hydrogens (tertiary/aromatic N) is 3. The van der Waals surface area contributed by atoms with Gasteiger partial charge in [0.25, 0.3) is 0 Å². The Morgan fingerprint density at radius 2 is 1.71 bits per heavy atom. The molecule has 9 nitrogen and oxygen atoms in total. The zero-order chi connectivity index (χ0) is 26.4. The molecule has 0 N–H and O–H groups in total. The molecule has 2 unspecified atom stereocenters. The van der Waals surface area contributed by atoms with Crippen LogP contribution < -0.4 is 14.5 Å². The molecule has 3 aliphatic heterocycles. The Labute approximate surface area is 226 Å². The number of fused-ring (bicyclic) bond motifs is 2. The monoisotopic (exact) mass is 551 g/mol. The van der Waals surface area contributed by atoms with Crippen molar-refractivity contribution in [2.45, 2.75) is 22.7 Å². The van der Waals surface area contributed by atoms with E-state index in [1.165, 1.54) is 21.2 Å². The number of methoxy groups -OCH3 is 1. The largest absolute Gasteiger partial charge is 0.497 e. The van der Waals surface area contributed by atoms with E-state index in [-0.39, 0.29) is 29.1 Å². The van der Waals surface area contributed by atoms with Crippen LogP contribution in [-0.2, 0) is 25.7 Å². The molecule has 1 aromatic heterocycles. The van der Waals surface area contributed by atoms with Gasteiger partial charge in [0, 0.05) is 23.9 Å². The first-order chi connectivity index (χ1) is 18.5. The minimum atomic E-state index is -0.721. The Hall–Kier alpha value is -3.41. The van der Waals surface area contributed by atoms with E-state index in [9.17, 15) is 19.2 Å². The van der Waals surface area contributed by atoms with Gasteiger partial charge in [-0.25, -0.2) is 4.90 Å². The third-order valence-corrected chi connectivity index (χ3v) is 9.80. The van der Waals surface area contributed by atoms with Crippen molar-refractivity contribution >= 4 is 46.5 Å². The number of amides is 3. The van der Waals surface area contributed by atoms with Gasteiger partial charge in [-0.3, -0.25) is 23.7 Å². The second-order valence-corrected chi connectivity index (χ2v) is 11.4. The maximum Gasteiger partial charge on any atom is 0.308 e. The summed E-state index contributed by atoms with van der Waals surface area (Å²) in [5.74, 6) is -1.32. The van der Waals surface area contributed by atoms with E-state index >= 15 is 0 Å². The summed E-state index contributed by atoms with van der Waals surface area (Å²) in [7, 11) is 1.55. The van der Waals surface area contributed by atoms with Crippen LogP contribution in [-0.4, -0.2) is 65.9 Å². The van der Waals surface area contributed by atoms with Crippen LogP contribution in [0.25, 0.3) is 0 Å². The molecule has 3 atom stereocenters. The fraction of sp³-hybridized carbons (Fsp3) is 0.333. The molecule has 3 aromatic rings. The Balaban J connectivity index is 1.41. The summed E-state index contributed by atoms with van der Waals surface area (Å²) in [6.07, 6.45) is 0. The first-order valence-corrected chi connectivity index (χ1v) is 14.0. The van der Waals surface area contributed by atoms with Crippen molar-refractivity contribution in [2.24, 2.45) is 5.92 Å². The number of hydrogen-bond donors (Lipinski definition) is 0. The van der Waals surface area contributed by atoms with Gasteiger partial charge in [0.2, 0.25) is 17.7 Å². The molecule has 0 aliphatic carbocycles. The molecule has 38 heavy (non-hydrogen) atoms. The van der Waals surface area contributed by atoms with E-state index in [0.717, 1.165) is 21.8 Å². The lowest BCUT2D eigenvalue weighted by molar-refractivity contribution is -0.136. The van der Waals surface area contributed by atoms with E-state index in [1.54, 1.807) is 36.3 Å². The summed E-state index contributed by atoms with van der Waals surface area (Å²) in [6.45, 7) is 1.78. The number of thiazole rings is 1. The van der Waals surface area contributed by atoms with Gasteiger partial charge in [0.05, 0.1) is 37.0 Å². The molecule has 11 heteroatoms. The summed E-state index contributed by atoms with van der Waals surface area (Å²) >= 11 is 2.28. The number of thioether (sulfide) groups is 1. The summed E-state index contributed by atoms with van der Waals surface area (Å²) in [4.78, 5) is 57.3. The number of rotatable bonds is 5. The van der Waals surface area contributed by atoms with Gasteiger partial charge in [0.1, 0.15) is 17.5 Å². The highest BCUT2D eigenvalue weighted by molar-refractivity contribution is 8.00. The minimum Gasteiger partial charge on any atom is -0.497 e. The first-order valence-electron chi connectivity index (χ1n) is 12.3. The number of ether oxygens (including phenoxy) is 2. The minimum absolute atomic E-state index is 0.110. The molecule has 0 spiro atoms. The molecule has 2 fully saturated rings. The van der Waals surface area contributed by atoms with Crippen molar-refractivity contribution in [3.63, 3.8) is 0 Å². The van der Waals surface area contributed by atoms with Crippen molar-refractivity contribution in [2.75, 3.05) is 38.3 Å². The van der Waals surface area contributed by atoms with Crippen LogP contribution in [0.2, 0.25) is 0 Å². The normalized spacial score (nSPS) is 22.8. The van der Waals surface area contributed by atoms with E-state index in [2.05, 4.69) is 0 Å². The number of aromatic nitrogens is 1. The van der Waals surface area contributed by atoms with Gasteiger partial charge in [-0.2, -0.15) is 0 Å². The second kappa shape index (κ2) is 10.0. The number of carbonyl (C=O) groups excluding carboxylic acids is 3. The molecule has 3 aliphatic rings. The molecule has 0 radical (unpaired) electrons. The number of benzene rings is 2. The Bertz CT molecular complexity index is 1450. The molecular formula is C27H25N3O6S2. The van der Waals surface area contributed by atoms with Gasteiger partial charge in [0.15, 0.2) is 0 Å².